The van der Waals surface area contributed by atoms with Crippen molar-refractivity contribution in [2.45, 2.75) is 50.7 Å². The number of nitrogens with one attached hydrogen (secondary N) is 1. The first-order valence-corrected chi connectivity index (χ1v) is 8.23. The van der Waals surface area contributed by atoms with Gasteiger partial charge < -0.3 is 15.0 Å². The van der Waals surface area contributed by atoms with Crippen LogP contribution in [0, 0.1) is 17.8 Å². The van der Waals surface area contributed by atoms with E-state index >= 15 is 0 Å². The van der Waals surface area contributed by atoms with Gasteiger partial charge in [-0.25, -0.2) is 0 Å². The Kier molecular flexibility index (Phi) is 4.45. The summed E-state index contributed by atoms with van der Waals surface area (Å²) in [6.07, 6.45) is 9.45. The normalized spacial score (nSPS) is 41.5. The van der Waals surface area contributed by atoms with Crippen molar-refractivity contribution in [3.63, 3.8) is 0 Å². The van der Waals surface area contributed by atoms with Gasteiger partial charge in [0.05, 0.1) is 12.2 Å². The van der Waals surface area contributed by atoms with E-state index in [-0.39, 0.29) is 0 Å². The minimum absolute atomic E-state index is 0.450. The molecule has 3 aliphatic rings. The van der Waals surface area contributed by atoms with E-state index < -0.39 is 0 Å². The quantitative estimate of drug-likeness (QED) is 0.797. The minimum atomic E-state index is 0.450. The number of likely N-dealkylation sites (N-methyl/N-ethyl adjacent to an activating group) is 2. The molecule has 0 spiro atoms. The van der Waals surface area contributed by atoms with E-state index in [1.54, 1.807) is 0 Å². The Morgan fingerprint density at radius 1 is 1.05 bits per heavy atom. The Morgan fingerprint density at radius 2 is 1.89 bits per heavy atom. The summed E-state index contributed by atoms with van der Waals surface area (Å²) in [5, 5.41) is 3.22. The molecule has 2 bridgehead atoms. The van der Waals surface area contributed by atoms with Gasteiger partial charge in [0.2, 0.25) is 0 Å². The van der Waals surface area contributed by atoms with Crippen LogP contribution in [0.15, 0.2) is 0 Å². The van der Waals surface area contributed by atoms with Crippen LogP contribution in [0.1, 0.15) is 38.5 Å². The predicted molar refractivity (Wildman–Crippen MR) is 78.3 cm³/mol. The SMILES string of the molecule is CNCC1CCC(CN(C)CC2CC3CCC2C3)O1. The molecule has 1 saturated heterocycles. The molecule has 3 heteroatoms. The highest BCUT2D eigenvalue weighted by Crippen LogP contribution is 2.48. The molecule has 3 rings (SSSR count). The van der Waals surface area contributed by atoms with Gasteiger partial charge in [0, 0.05) is 19.6 Å². The Balaban J connectivity index is 1.38. The van der Waals surface area contributed by atoms with E-state index in [1.807, 2.05) is 7.05 Å². The molecule has 2 aliphatic carbocycles. The molecule has 1 heterocycles. The number of nitrogens with zero attached hydrogens (tertiary/aromatic N) is 1. The summed E-state index contributed by atoms with van der Waals surface area (Å²) >= 11 is 0. The molecular formula is C16H30N2O. The van der Waals surface area contributed by atoms with Gasteiger partial charge in [0.15, 0.2) is 0 Å². The fourth-order valence-electron chi connectivity index (χ4n) is 4.71. The van der Waals surface area contributed by atoms with Crippen LogP contribution in [0.3, 0.4) is 0 Å². The largest absolute Gasteiger partial charge is 0.372 e. The summed E-state index contributed by atoms with van der Waals surface area (Å²) in [6.45, 7) is 3.44. The van der Waals surface area contributed by atoms with E-state index in [2.05, 4.69) is 17.3 Å². The van der Waals surface area contributed by atoms with Crippen LogP contribution < -0.4 is 5.32 Å². The lowest BCUT2D eigenvalue weighted by molar-refractivity contribution is 0.0249. The first-order valence-electron chi connectivity index (χ1n) is 8.23. The van der Waals surface area contributed by atoms with Crippen molar-refractivity contribution >= 4 is 0 Å². The first kappa shape index (κ1) is 13.8. The summed E-state index contributed by atoms with van der Waals surface area (Å²) in [6, 6.07) is 0. The maximum Gasteiger partial charge on any atom is 0.0707 e. The maximum atomic E-state index is 6.09. The van der Waals surface area contributed by atoms with Crippen molar-refractivity contribution in [3.05, 3.63) is 0 Å². The average molecular weight is 266 g/mol. The molecule has 0 radical (unpaired) electrons. The van der Waals surface area contributed by atoms with E-state index in [1.165, 1.54) is 45.1 Å². The molecule has 5 atom stereocenters. The average Bonchev–Trinajstić information content (AvgIpc) is 3.06. The van der Waals surface area contributed by atoms with Gasteiger partial charge in [0.25, 0.3) is 0 Å². The van der Waals surface area contributed by atoms with Gasteiger partial charge in [-0.1, -0.05) is 6.42 Å². The van der Waals surface area contributed by atoms with E-state index in [0.29, 0.717) is 12.2 Å². The zero-order valence-electron chi connectivity index (χ0n) is 12.6. The lowest BCUT2D eigenvalue weighted by atomic mass is 9.88. The molecule has 1 aliphatic heterocycles. The molecule has 3 nitrogen and oxygen atoms in total. The molecule has 1 N–H and O–H groups in total. The molecule has 0 amide bonds. The third kappa shape index (κ3) is 3.32. The highest BCUT2D eigenvalue weighted by molar-refractivity contribution is 4.91. The lowest BCUT2D eigenvalue weighted by Crippen LogP contribution is -2.35. The fraction of sp³-hybridized carbons (Fsp3) is 1.00. The Hall–Kier alpha value is -0.120. The third-order valence-corrected chi connectivity index (χ3v) is 5.57. The highest BCUT2D eigenvalue weighted by Gasteiger charge is 2.39. The Morgan fingerprint density at radius 3 is 2.58 bits per heavy atom. The summed E-state index contributed by atoms with van der Waals surface area (Å²) in [5.74, 6) is 3.11. The molecule has 0 aromatic heterocycles. The maximum absolute atomic E-state index is 6.09. The van der Waals surface area contributed by atoms with Crippen molar-refractivity contribution < 1.29 is 4.74 Å². The standard InChI is InChI=1S/C16H30N2O/c1-17-9-15-5-6-16(19-15)11-18(2)10-14-8-12-3-4-13(14)7-12/h12-17H,3-11H2,1-2H3. The van der Waals surface area contributed by atoms with Crippen molar-refractivity contribution in [2.24, 2.45) is 17.8 Å². The van der Waals surface area contributed by atoms with E-state index in [4.69, 9.17) is 4.74 Å². The molecular weight excluding hydrogens is 236 g/mol. The number of fused-ring (bicyclic) bond motifs is 2. The van der Waals surface area contributed by atoms with Crippen molar-refractivity contribution in [2.75, 3.05) is 33.7 Å². The van der Waals surface area contributed by atoms with Gasteiger partial charge >= 0.3 is 0 Å². The summed E-state index contributed by atoms with van der Waals surface area (Å²) < 4.78 is 6.09. The third-order valence-electron chi connectivity index (χ3n) is 5.57. The van der Waals surface area contributed by atoms with Crippen LogP contribution in [0.2, 0.25) is 0 Å². The van der Waals surface area contributed by atoms with E-state index in [0.717, 1.165) is 30.8 Å². The van der Waals surface area contributed by atoms with Gasteiger partial charge in [-0.15, -0.1) is 0 Å². The smallest absolute Gasteiger partial charge is 0.0707 e. The van der Waals surface area contributed by atoms with Crippen LogP contribution in [0.25, 0.3) is 0 Å². The highest BCUT2D eigenvalue weighted by atomic mass is 16.5. The van der Waals surface area contributed by atoms with Crippen LogP contribution in [0.5, 0.6) is 0 Å². The van der Waals surface area contributed by atoms with Crippen LogP contribution in [-0.4, -0.2) is 50.8 Å². The fourth-order valence-corrected chi connectivity index (χ4v) is 4.71. The molecule has 2 saturated carbocycles. The summed E-state index contributed by atoms with van der Waals surface area (Å²) in [4.78, 5) is 2.54. The monoisotopic (exact) mass is 266 g/mol. The van der Waals surface area contributed by atoms with Crippen LogP contribution in [0.4, 0.5) is 0 Å². The van der Waals surface area contributed by atoms with Gasteiger partial charge in [0.1, 0.15) is 0 Å². The summed E-state index contributed by atoms with van der Waals surface area (Å²) in [7, 11) is 4.30. The number of ether oxygens (including phenoxy) is 1. The molecule has 0 aromatic carbocycles. The zero-order chi connectivity index (χ0) is 13.2. The molecule has 0 aromatic rings. The van der Waals surface area contributed by atoms with E-state index in [9.17, 15) is 0 Å². The number of hydrogen-bond acceptors (Lipinski definition) is 3. The Labute approximate surface area is 118 Å². The van der Waals surface area contributed by atoms with Crippen molar-refractivity contribution in [1.82, 2.24) is 10.2 Å². The predicted octanol–water partition coefficient (Wildman–Crippen LogP) is 2.12. The molecule has 19 heavy (non-hydrogen) atoms. The van der Waals surface area contributed by atoms with Crippen LogP contribution >= 0.6 is 0 Å². The molecule has 3 fully saturated rings. The topological polar surface area (TPSA) is 24.5 Å². The zero-order valence-corrected chi connectivity index (χ0v) is 12.6. The second kappa shape index (κ2) is 6.11. The van der Waals surface area contributed by atoms with Crippen molar-refractivity contribution in [1.29, 1.82) is 0 Å². The van der Waals surface area contributed by atoms with Gasteiger partial charge in [-0.2, -0.15) is 0 Å². The van der Waals surface area contributed by atoms with Crippen molar-refractivity contribution in [3.8, 4) is 0 Å². The minimum Gasteiger partial charge on any atom is -0.372 e. The van der Waals surface area contributed by atoms with Gasteiger partial charge in [-0.3, -0.25) is 0 Å². The lowest BCUT2D eigenvalue weighted by Gasteiger charge is -2.28. The van der Waals surface area contributed by atoms with Crippen LogP contribution in [-0.2, 0) is 4.74 Å². The summed E-state index contributed by atoms with van der Waals surface area (Å²) in [5.41, 5.74) is 0. The second-order valence-electron chi connectivity index (χ2n) is 7.17. The second-order valence-corrected chi connectivity index (χ2v) is 7.17. The first-order chi connectivity index (χ1) is 9.24. The van der Waals surface area contributed by atoms with Gasteiger partial charge in [-0.05, 0) is 64.0 Å². The Bertz CT molecular complexity index is 296. The number of hydrogen-bond donors (Lipinski definition) is 1. The molecule has 110 valence electrons. The molecule has 5 unspecified atom stereocenters. The number of rotatable bonds is 6.